The molecule has 6 nitrogen and oxygen atoms in total. The average molecular weight is 480 g/mol. The lowest BCUT2D eigenvalue weighted by atomic mass is 10.0. The second-order valence-corrected chi connectivity index (χ2v) is 9.34. The van der Waals surface area contributed by atoms with Gasteiger partial charge in [0.2, 0.25) is 5.91 Å². The van der Waals surface area contributed by atoms with E-state index in [1.54, 1.807) is 6.20 Å². The highest BCUT2D eigenvalue weighted by atomic mass is 16.1. The Morgan fingerprint density at radius 1 is 0.861 bits per heavy atom. The third-order valence-electron chi connectivity index (χ3n) is 6.77. The van der Waals surface area contributed by atoms with Crippen molar-refractivity contribution >= 4 is 17.3 Å². The number of piperidine rings is 1. The largest absolute Gasteiger partial charge is 0.371 e. The van der Waals surface area contributed by atoms with E-state index in [2.05, 4.69) is 69.2 Å². The van der Waals surface area contributed by atoms with Gasteiger partial charge >= 0.3 is 0 Å². The summed E-state index contributed by atoms with van der Waals surface area (Å²) in [6.45, 7) is 2.90. The van der Waals surface area contributed by atoms with Crippen molar-refractivity contribution in [2.75, 3.05) is 23.3 Å². The molecule has 4 aromatic rings. The molecule has 0 aliphatic carbocycles. The Balaban J connectivity index is 1.05. The molecule has 1 fully saturated rings. The Labute approximate surface area is 213 Å². The van der Waals surface area contributed by atoms with Gasteiger partial charge in [0.05, 0.1) is 5.69 Å². The Bertz CT molecular complexity index is 1230. The summed E-state index contributed by atoms with van der Waals surface area (Å²) in [5, 5.41) is 11.1. The van der Waals surface area contributed by atoms with Crippen LogP contribution >= 0.6 is 0 Å². The van der Waals surface area contributed by atoms with E-state index in [-0.39, 0.29) is 5.91 Å². The van der Waals surface area contributed by atoms with E-state index < -0.39 is 0 Å². The van der Waals surface area contributed by atoms with E-state index in [0.717, 1.165) is 50.3 Å². The van der Waals surface area contributed by atoms with E-state index in [1.807, 2.05) is 47.3 Å². The van der Waals surface area contributed by atoms with Gasteiger partial charge in [0.15, 0.2) is 0 Å². The summed E-state index contributed by atoms with van der Waals surface area (Å²) in [6.07, 6.45) is 7.22. The Kier molecular flexibility index (Phi) is 7.73. The molecular weight excluding hydrogens is 446 g/mol. The van der Waals surface area contributed by atoms with Crippen LogP contribution in [0.4, 0.5) is 11.4 Å². The molecular formula is C30H33N5O. The molecule has 0 bridgehead atoms. The van der Waals surface area contributed by atoms with Crippen LogP contribution in [0.15, 0.2) is 97.3 Å². The molecule has 5 rings (SSSR count). The number of anilines is 2. The highest BCUT2D eigenvalue weighted by molar-refractivity contribution is 5.91. The third kappa shape index (κ3) is 6.40. The molecule has 0 atom stereocenters. The zero-order valence-electron chi connectivity index (χ0n) is 20.5. The number of hydrogen-bond acceptors (Lipinski definition) is 4. The van der Waals surface area contributed by atoms with Crippen LogP contribution < -0.4 is 15.5 Å². The highest BCUT2D eigenvalue weighted by Gasteiger charge is 2.19. The first-order valence-electron chi connectivity index (χ1n) is 12.7. The van der Waals surface area contributed by atoms with Gasteiger partial charge in [-0.25, -0.2) is 4.68 Å². The highest BCUT2D eigenvalue weighted by Crippen LogP contribution is 2.23. The molecule has 6 heteroatoms. The van der Waals surface area contributed by atoms with E-state index in [1.165, 1.54) is 16.8 Å². The van der Waals surface area contributed by atoms with E-state index in [9.17, 15) is 4.79 Å². The zero-order chi connectivity index (χ0) is 24.6. The smallest absolute Gasteiger partial charge is 0.224 e. The van der Waals surface area contributed by atoms with Crippen molar-refractivity contribution in [2.45, 2.75) is 38.3 Å². The number of rotatable bonds is 9. The summed E-state index contributed by atoms with van der Waals surface area (Å²) < 4.78 is 1.89. The maximum atomic E-state index is 12.3. The van der Waals surface area contributed by atoms with Gasteiger partial charge in [-0.2, -0.15) is 5.10 Å². The number of hydrogen-bond donors (Lipinski definition) is 2. The van der Waals surface area contributed by atoms with Crippen LogP contribution in [0.5, 0.6) is 0 Å². The first-order chi connectivity index (χ1) is 17.7. The Hall–Kier alpha value is -3.90. The molecule has 0 spiro atoms. The fourth-order valence-corrected chi connectivity index (χ4v) is 4.72. The minimum absolute atomic E-state index is 0.0497. The van der Waals surface area contributed by atoms with Crippen LogP contribution in [-0.4, -0.2) is 34.8 Å². The second kappa shape index (κ2) is 11.7. The normalized spacial score (nSPS) is 14.1. The van der Waals surface area contributed by atoms with Gasteiger partial charge in [0.1, 0.15) is 0 Å². The first-order valence-corrected chi connectivity index (χ1v) is 12.7. The summed E-state index contributed by atoms with van der Waals surface area (Å²) in [7, 11) is 0. The number of carbonyl (C=O) groups excluding carboxylic acids is 1. The van der Waals surface area contributed by atoms with E-state index >= 15 is 0 Å². The van der Waals surface area contributed by atoms with Crippen molar-refractivity contribution in [2.24, 2.45) is 0 Å². The molecule has 0 unspecified atom stereocenters. The predicted octanol–water partition coefficient (Wildman–Crippen LogP) is 5.20. The van der Waals surface area contributed by atoms with Crippen molar-refractivity contribution in [3.63, 3.8) is 0 Å². The summed E-state index contributed by atoms with van der Waals surface area (Å²) >= 11 is 0. The average Bonchev–Trinajstić information content (AvgIpc) is 3.48. The van der Waals surface area contributed by atoms with Crippen LogP contribution in [0, 0.1) is 0 Å². The van der Waals surface area contributed by atoms with Gasteiger partial charge in [0, 0.05) is 55.9 Å². The number of aromatic nitrogens is 2. The van der Waals surface area contributed by atoms with Crippen LogP contribution in [0.25, 0.3) is 5.69 Å². The number of aryl methyl sites for hydroxylation is 1. The van der Waals surface area contributed by atoms with Crippen LogP contribution in [-0.2, 0) is 17.8 Å². The van der Waals surface area contributed by atoms with Crippen molar-refractivity contribution in [1.29, 1.82) is 0 Å². The lowest BCUT2D eigenvalue weighted by molar-refractivity contribution is -0.116. The molecule has 2 heterocycles. The minimum Gasteiger partial charge on any atom is -0.371 e. The fourth-order valence-electron chi connectivity index (χ4n) is 4.72. The molecule has 2 N–H and O–H groups in total. The molecule has 3 aromatic carbocycles. The van der Waals surface area contributed by atoms with Gasteiger partial charge in [-0.05, 0) is 72.9 Å². The number of benzene rings is 3. The number of amides is 1. The summed E-state index contributed by atoms with van der Waals surface area (Å²) in [5.41, 5.74) is 5.61. The van der Waals surface area contributed by atoms with Crippen molar-refractivity contribution < 1.29 is 4.79 Å². The van der Waals surface area contributed by atoms with Crippen molar-refractivity contribution in [1.82, 2.24) is 15.1 Å². The second-order valence-electron chi connectivity index (χ2n) is 9.34. The number of nitrogens with one attached hydrogen (secondary N) is 2. The molecule has 1 saturated heterocycles. The van der Waals surface area contributed by atoms with E-state index in [0.29, 0.717) is 12.5 Å². The third-order valence-corrected chi connectivity index (χ3v) is 6.77. The SMILES string of the molecule is O=C(CCc1ccccc1)Nc1ccc(N2CCC(NCc3cccc(-n4cccn4)c3)CC2)cc1. The predicted molar refractivity (Wildman–Crippen MR) is 145 cm³/mol. The molecule has 1 aliphatic heterocycles. The monoisotopic (exact) mass is 479 g/mol. The fraction of sp³-hybridized carbons (Fsp3) is 0.267. The van der Waals surface area contributed by atoms with Crippen molar-refractivity contribution in [3.05, 3.63) is 108 Å². The van der Waals surface area contributed by atoms with Crippen LogP contribution in [0.2, 0.25) is 0 Å². The molecule has 36 heavy (non-hydrogen) atoms. The molecule has 184 valence electrons. The maximum Gasteiger partial charge on any atom is 0.224 e. The quantitative estimate of drug-likeness (QED) is 0.346. The molecule has 1 amide bonds. The van der Waals surface area contributed by atoms with Crippen LogP contribution in [0.1, 0.15) is 30.4 Å². The lowest BCUT2D eigenvalue weighted by Crippen LogP contribution is -2.42. The zero-order valence-corrected chi connectivity index (χ0v) is 20.5. The van der Waals surface area contributed by atoms with Crippen LogP contribution in [0.3, 0.4) is 0 Å². The first kappa shape index (κ1) is 23.8. The summed E-state index contributed by atoms with van der Waals surface area (Å²) in [6, 6.07) is 29.3. The van der Waals surface area contributed by atoms with Gasteiger partial charge in [0.25, 0.3) is 0 Å². The van der Waals surface area contributed by atoms with Gasteiger partial charge in [-0.1, -0.05) is 42.5 Å². The summed E-state index contributed by atoms with van der Waals surface area (Å²) in [4.78, 5) is 14.7. The lowest BCUT2D eigenvalue weighted by Gasteiger charge is -2.34. The maximum absolute atomic E-state index is 12.3. The number of nitrogens with zero attached hydrogens (tertiary/aromatic N) is 3. The molecule has 0 saturated carbocycles. The van der Waals surface area contributed by atoms with Gasteiger partial charge < -0.3 is 15.5 Å². The summed E-state index contributed by atoms with van der Waals surface area (Å²) in [5.74, 6) is 0.0497. The van der Waals surface area contributed by atoms with Crippen molar-refractivity contribution in [3.8, 4) is 5.69 Å². The topological polar surface area (TPSA) is 62.2 Å². The number of carbonyl (C=O) groups is 1. The Morgan fingerprint density at radius 2 is 1.64 bits per heavy atom. The molecule has 0 radical (unpaired) electrons. The van der Waals surface area contributed by atoms with Gasteiger partial charge in [-0.15, -0.1) is 0 Å². The molecule has 1 aliphatic rings. The van der Waals surface area contributed by atoms with E-state index in [4.69, 9.17) is 0 Å². The Morgan fingerprint density at radius 3 is 2.39 bits per heavy atom. The standard InChI is InChI=1S/C30H33N5O/c36-30(15-10-24-6-2-1-3-7-24)33-27-11-13-28(14-12-27)34-20-16-26(17-21-34)31-23-25-8-4-9-29(22-25)35-19-5-18-32-35/h1-9,11-14,18-19,22,26,31H,10,15-17,20-21,23H2,(H,33,36). The molecule has 1 aromatic heterocycles. The van der Waals surface area contributed by atoms with Gasteiger partial charge in [-0.3, -0.25) is 4.79 Å². The minimum atomic E-state index is 0.0497.